The number of nitrogens with one attached hydrogen (secondary N) is 2. The van der Waals surface area contributed by atoms with Gasteiger partial charge in [-0.25, -0.2) is 4.39 Å². The van der Waals surface area contributed by atoms with E-state index >= 15 is 0 Å². The number of halogens is 1. The second kappa shape index (κ2) is 7.45. The molecule has 0 saturated carbocycles. The average molecular weight is 398 g/mol. The van der Waals surface area contributed by atoms with E-state index in [2.05, 4.69) is 34.9 Å². The van der Waals surface area contributed by atoms with Crippen LogP contribution in [0.15, 0.2) is 84.1 Å². The van der Waals surface area contributed by atoms with Gasteiger partial charge in [-0.15, -0.1) is 0 Å². The smallest absolute Gasteiger partial charge is 0.163 e. The quantitative estimate of drug-likeness (QED) is 0.547. The molecule has 150 valence electrons. The number of carbonyl (C=O) groups excluding carboxylic acids is 1. The lowest BCUT2D eigenvalue weighted by Crippen LogP contribution is -2.26. The molecule has 2 aliphatic rings. The zero-order chi connectivity index (χ0) is 20.7. The second-order valence-corrected chi connectivity index (χ2v) is 8.13. The van der Waals surface area contributed by atoms with Crippen molar-refractivity contribution >= 4 is 17.2 Å². The number of Topliss-reactive ketones (excluding diaryl/α,β-unsaturated/α-hetero) is 1. The van der Waals surface area contributed by atoms with Crippen LogP contribution in [0.2, 0.25) is 0 Å². The van der Waals surface area contributed by atoms with Crippen molar-refractivity contribution in [2.45, 2.75) is 31.7 Å². The van der Waals surface area contributed by atoms with Gasteiger partial charge in [0.15, 0.2) is 5.78 Å². The van der Waals surface area contributed by atoms with E-state index in [1.807, 2.05) is 31.2 Å². The molecule has 30 heavy (non-hydrogen) atoms. The molecule has 0 bridgehead atoms. The van der Waals surface area contributed by atoms with Crippen molar-refractivity contribution in [3.05, 3.63) is 107 Å². The molecule has 1 aliphatic carbocycles. The number of hydrogen-bond donors (Lipinski definition) is 2. The predicted octanol–water partition coefficient (Wildman–Crippen LogP) is 6.11. The Morgan fingerprint density at radius 2 is 1.63 bits per heavy atom. The fourth-order valence-corrected chi connectivity index (χ4v) is 4.53. The van der Waals surface area contributed by atoms with Gasteiger partial charge in [0.05, 0.1) is 17.4 Å². The summed E-state index contributed by atoms with van der Waals surface area (Å²) in [5.74, 6) is -0.00942. The molecule has 0 fully saturated rings. The van der Waals surface area contributed by atoms with Gasteiger partial charge in [-0.2, -0.15) is 0 Å². The first-order valence-electron chi connectivity index (χ1n) is 10.3. The van der Waals surface area contributed by atoms with E-state index in [-0.39, 0.29) is 23.6 Å². The summed E-state index contributed by atoms with van der Waals surface area (Å²) in [6.45, 7) is 2.05. The third kappa shape index (κ3) is 3.39. The maximum Gasteiger partial charge on any atom is 0.163 e. The van der Waals surface area contributed by atoms with E-state index in [0.717, 1.165) is 40.2 Å². The van der Waals surface area contributed by atoms with Crippen LogP contribution in [0.3, 0.4) is 0 Å². The van der Waals surface area contributed by atoms with E-state index in [1.54, 1.807) is 12.1 Å². The molecule has 0 radical (unpaired) electrons. The summed E-state index contributed by atoms with van der Waals surface area (Å²) >= 11 is 0. The summed E-state index contributed by atoms with van der Waals surface area (Å²) in [7, 11) is 0. The van der Waals surface area contributed by atoms with Crippen LogP contribution >= 0.6 is 0 Å². The fourth-order valence-electron chi connectivity index (χ4n) is 4.53. The largest absolute Gasteiger partial charge is 0.372 e. The van der Waals surface area contributed by atoms with Gasteiger partial charge >= 0.3 is 0 Å². The molecule has 3 aromatic carbocycles. The Balaban J connectivity index is 1.62. The molecule has 2 N–H and O–H groups in total. The van der Waals surface area contributed by atoms with Gasteiger partial charge in [-0.05, 0) is 60.2 Å². The Bertz CT molecular complexity index is 1140. The number of carbonyl (C=O) groups is 1. The van der Waals surface area contributed by atoms with Gasteiger partial charge in [0.2, 0.25) is 0 Å². The normalized spacial score (nSPS) is 20.5. The minimum atomic E-state index is -0.319. The van der Waals surface area contributed by atoms with Gasteiger partial charge < -0.3 is 10.6 Å². The number of aryl methyl sites for hydroxylation is 1. The standard InChI is InChI=1S/C26H23FN2O/c1-16-7-12-21-22(13-16)29-26(18-8-10-20(27)11-9-18)25-23(28-21)14-19(15-24(25)30)17-5-3-2-4-6-17/h2-13,19,26,28-29H,14-15H2,1H3/t19-,26-/m1/s1. The first-order chi connectivity index (χ1) is 14.6. The number of fused-ring (bicyclic) bond motifs is 1. The monoisotopic (exact) mass is 398 g/mol. The lowest BCUT2D eigenvalue weighted by Gasteiger charge is -2.30. The van der Waals surface area contributed by atoms with Crippen LogP contribution in [0.1, 0.15) is 41.5 Å². The van der Waals surface area contributed by atoms with Crippen LogP contribution in [0.5, 0.6) is 0 Å². The first-order valence-corrected chi connectivity index (χ1v) is 10.3. The van der Waals surface area contributed by atoms with Crippen LogP contribution in [0.4, 0.5) is 15.8 Å². The van der Waals surface area contributed by atoms with Crippen molar-refractivity contribution in [2.75, 3.05) is 10.6 Å². The maximum absolute atomic E-state index is 13.6. The minimum absolute atomic E-state index is 0.129. The molecule has 1 heterocycles. The first kappa shape index (κ1) is 18.6. The fraction of sp³-hybridized carbons (Fsp3) is 0.192. The number of ketones is 1. The molecule has 0 amide bonds. The van der Waals surface area contributed by atoms with Crippen LogP contribution < -0.4 is 10.6 Å². The van der Waals surface area contributed by atoms with Crippen LogP contribution in [0.25, 0.3) is 0 Å². The Morgan fingerprint density at radius 1 is 0.867 bits per heavy atom. The number of rotatable bonds is 2. The van der Waals surface area contributed by atoms with E-state index in [9.17, 15) is 9.18 Å². The molecule has 0 unspecified atom stereocenters. The highest BCUT2D eigenvalue weighted by molar-refractivity contribution is 6.01. The van der Waals surface area contributed by atoms with Gasteiger partial charge in [0, 0.05) is 17.7 Å². The topological polar surface area (TPSA) is 41.1 Å². The molecule has 0 saturated heterocycles. The Kier molecular flexibility index (Phi) is 4.62. The molecular formula is C26H23FN2O. The molecule has 3 aromatic rings. The van der Waals surface area contributed by atoms with Crippen molar-refractivity contribution in [1.29, 1.82) is 0 Å². The molecular weight excluding hydrogens is 375 g/mol. The molecule has 0 spiro atoms. The third-order valence-corrected chi connectivity index (χ3v) is 6.03. The highest BCUT2D eigenvalue weighted by Crippen LogP contribution is 2.44. The molecule has 0 aromatic heterocycles. The summed E-state index contributed by atoms with van der Waals surface area (Å²) in [6.07, 6.45) is 1.23. The third-order valence-electron chi connectivity index (χ3n) is 6.03. The summed E-state index contributed by atoms with van der Waals surface area (Å²) in [5.41, 5.74) is 6.80. The van der Waals surface area contributed by atoms with Gasteiger partial charge in [-0.3, -0.25) is 4.79 Å². The summed E-state index contributed by atoms with van der Waals surface area (Å²) in [4.78, 5) is 13.4. The number of anilines is 2. The summed E-state index contributed by atoms with van der Waals surface area (Å²) in [6, 6.07) is 22.5. The van der Waals surface area contributed by atoms with Gasteiger partial charge in [-0.1, -0.05) is 48.5 Å². The van der Waals surface area contributed by atoms with E-state index < -0.39 is 0 Å². The minimum Gasteiger partial charge on any atom is -0.372 e. The lowest BCUT2D eigenvalue weighted by molar-refractivity contribution is -0.116. The zero-order valence-electron chi connectivity index (χ0n) is 16.8. The molecule has 4 heteroatoms. The van der Waals surface area contributed by atoms with Gasteiger partial charge in [0.1, 0.15) is 5.82 Å². The van der Waals surface area contributed by atoms with Crippen molar-refractivity contribution in [2.24, 2.45) is 0 Å². The van der Waals surface area contributed by atoms with E-state index in [0.29, 0.717) is 6.42 Å². The Morgan fingerprint density at radius 3 is 2.40 bits per heavy atom. The van der Waals surface area contributed by atoms with Gasteiger partial charge in [0.25, 0.3) is 0 Å². The lowest BCUT2D eigenvalue weighted by atomic mass is 9.78. The van der Waals surface area contributed by atoms with Crippen LogP contribution in [-0.2, 0) is 4.79 Å². The zero-order valence-corrected chi connectivity index (χ0v) is 16.8. The number of hydrogen-bond acceptors (Lipinski definition) is 3. The molecule has 5 rings (SSSR count). The summed E-state index contributed by atoms with van der Waals surface area (Å²) < 4.78 is 13.6. The second-order valence-electron chi connectivity index (χ2n) is 8.13. The van der Waals surface area contributed by atoms with Crippen molar-refractivity contribution in [3.63, 3.8) is 0 Å². The molecule has 2 atom stereocenters. The SMILES string of the molecule is Cc1ccc2c(c1)N[C@H](c1ccc(F)cc1)C1=C(C[C@@H](c3ccccc3)CC1=O)N2. The highest BCUT2D eigenvalue weighted by atomic mass is 19.1. The molecule has 3 nitrogen and oxygen atoms in total. The Labute approximate surface area is 175 Å². The average Bonchev–Trinajstić information content (AvgIpc) is 2.91. The van der Waals surface area contributed by atoms with Crippen molar-refractivity contribution < 1.29 is 9.18 Å². The maximum atomic E-state index is 13.6. The number of benzene rings is 3. The van der Waals surface area contributed by atoms with Crippen LogP contribution in [0, 0.1) is 12.7 Å². The highest BCUT2D eigenvalue weighted by Gasteiger charge is 2.36. The van der Waals surface area contributed by atoms with E-state index in [4.69, 9.17) is 0 Å². The summed E-state index contributed by atoms with van der Waals surface area (Å²) in [5, 5.41) is 7.11. The van der Waals surface area contributed by atoms with Crippen LogP contribution in [-0.4, -0.2) is 5.78 Å². The van der Waals surface area contributed by atoms with E-state index in [1.165, 1.54) is 17.7 Å². The molecule has 1 aliphatic heterocycles. The predicted molar refractivity (Wildman–Crippen MR) is 118 cm³/mol. The Hall–Kier alpha value is -3.40. The van der Waals surface area contributed by atoms with Crippen molar-refractivity contribution in [1.82, 2.24) is 0 Å². The van der Waals surface area contributed by atoms with Crippen molar-refractivity contribution in [3.8, 4) is 0 Å². The number of allylic oxidation sites excluding steroid dienone is 1.